The lowest BCUT2D eigenvalue weighted by atomic mass is 10.1. The molecular weight excluding hydrogens is 498 g/mol. The van der Waals surface area contributed by atoms with Gasteiger partial charge in [-0.05, 0) is 19.1 Å². The smallest absolute Gasteiger partial charge is 0.261 e. The molecule has 11 nitrogen and oxygen atoms in total. The zero-order valence-electron chi connectivity index (χ0n) is 22.4. The molecule has 1 aromatic rings. The van der Waals surface area contributed by atoms with Gasteiger partial charge in [0.1, 0.15) is 6.61 Å². The van der Waals surface area contributed by atoms with Gasteiger partial charge in [-0.3, -0.25) is 14.5 Å². The van der Waals surface area contributed by atoms with Crippen molar-refractivity contribution in [3.63, 3.8) is 0 Å². The number of allylic oxidation sites excluding steroid dienone is 1. The van der Waals surface area contributed by atoms with Crippen LogP contribution in [0.2, 0.25) is 0 Å². The number of rotatable bonds is 25. The third-order valence-corrected chi connectivity index (χ3v) is 5.15. The molecule has 0 saturated heterocycles. The van der Waals surface area contributed by atoms with Crippen LogP contribution in [-0.2, 0) is 37.9 Å². The standard InChI is InChI=1S/C27H41NO10/c1-23(2)38-22-21-37-20-19-36-18-17-35-16-15-34-14-13-33-12-11-32-10-9-31-8-7-28-26(29)24-5-3-4-6-25(24)27(28)30/h3-6H,1,7-22H2,2H3. The maximum absolute atomic E-state index is 12.3. The third-order valence-electron chi connectivity index (χ3n) is 5.15. The summed E-state index contributed by atoms with van der Waals surface area (Å²) >= 11 is 0. The van der Waals surface area contributed by atoms with Crippen molar-refractivity contribution in [2.75, 3.05) is 106 Å². The van der Waals surface area contributed by atoms with Gasteiger partial charge < -0.3 is 37.9 Å². The van der Waals surface area contributed by atoms with Crippen LogP contribution in [0, 0.1) is 0 Å². The molecule has 0 bridgehead atoms. The predicted molar refractivity (Wildman–Crippen MR) is 138 cm³/mol. The number of fused-ring (bicyclic) bond motifs is 1. The van der Waals surface area contributed by atoms with Crippen molar-refractivity contribution in [1.29, 1.82) is 0 Å². The zero-order valence-corrected chi connectivity index (χ0v) is 22.4. The molecule has 38 heavy (non-hydrogen) atoms. The monoisotopic (exact) mass is 539 g/mol. The van der Waals surface area contributed by atoms with Gasteiger partial charge in [-0.15, -0.1) is 0 Å². The Morgan fingerprint density at radius 1 is 0.579 bits per heavy atom. The van der Waals surface area contributed by atoms with Crippen molar-refractivity contribution >= 4 is 11.8 Å². The van der Waals surface area contributed by atoms with Gasteiger partial charge in [0.25, 0.3) is 11.8 Å². The molecular formula is C27H41NO10. The molecule has 1 aliphatic heterocycles. The normalized spacial score (nSPS) is 12.8. The van der Waals surface area contributed by atoms with Crippen molar-refractivity contribution in [3.8, 4) is 0 Å². The van der Waals surface area contributed by atoms with Crippen molar-refractivity contribution in [2.24, 2.45) is 0 Å². The van der Waals surface area contributed by atoms with Crippen molar-refractivity contribution in [2.45, 2.75) is 6.92 Å². The minimum atomic E-state index is -0.275. The molecule has 1 aliphatic rings. The first kappa shape index (κ1) is 31.8. The van der Waals surface area contributed by atoms with Crippen LogP contribution < -0.4 is 0 Å². The molecule has 0 unspecified atom stereocenters. The Morgan fingerprint density at radius 2 is 0.895 bits per heavy atom. The van der Waals surface area contributed by atoms with E-state index in [0.717, 1.165) is 0 Å². The van der Waals surface area contributed by atoms with Gasteiger partial charge in [0.05, 0.1) is 116 Å². The van der Waals surface area contributed by atoms with Gasteiger partial charge in [0.2, 0.25) is 0 Å². The molecule has 1 heterocycles. The highest BCUT2D eigenvalue weighted by molar-refractivity contribution is 6.21. The average molecular weight is 540 g/mol. The van der Waals surface area contributed by atoms with E-state index in [1.807, 2.05) is 0 Å². The maximum atomic E-state index is 12.3. The van der Waals surface area contributed by atoms with E-state index >= 15 is 0 Å². The molecule has 214 valence electrons. The molecule has 0 fully saturated rings. The molecule has 0 N–H and O–H groups in total. The Kier molecular flexibility index (Phi) is 17.2. The van der Waals surface area contributed by atoms with Gasteiger partial charge in [0, 0.05) is 0 Å². The first-order valence-electron chi connectivity index (χ1n) is 12.9. The van der Waals surface area contributed by atoms with E-state index in [4.69, 9.17) is 37.9 Å². The minimum absolute atomic E-state index is 0.219. The molecule has 0 aliphatic carbocycles. The second-order valence-electron chi connectivity index (χ2n) is 8.14. The topological polar surface area (TPSA) is 111 Å². The van der Waals surface area contributed by atoms with Crippen molar-refractivity contribution < 1.29 is 47.5 Å². The van der Waals surface area contributed by atoms with E-state index in [2.05, 4.69) is 6.58 Å². The molecule has 0 aromatic heterocycles. The van der Waals surface area contributed by atoms with Crippen LogP contribution in [0.4, 0.5) is 0 Å². The number of hydrogen-bond donors (Lipinski definition) is 0. The Morgan fingerprint density at radius 3 is 1.24 bits per heavy atom. The van der Waals surface area contributed by atoms with Gasteiger partial charge in [-0.25, -0.2) is 0 Å². The summed E-state index contributed by atoms with van der Waals surface area (Å²) in [5, 5.41) is 0. The van der Waals surface area contributed by atoms with E-state index in [-0.39, 0.29) is 25.0 Å². The Bertz CT molecular complexity index is 784. The average Bonchev–Trinajstić information content (AvgIpc) is 3.15. The lowest BCUT2D eigenvalue weighted by molar-refractivity contribution is -0.0221. The number of imide groups is 1. The van der Waals surface area contributed by atoms with E-state index < -0.39 is 0 Å². The number of nitrogens with zero attached hydrogens (tertiary/aromatic N) is 1. The summed E-state index contributed by atoms with van der Waals surface area (Å²) in [4.78, 5) is 25.7. The zero-order chi connectivity index (χ0) is 27.3. The van der Waals surface area contributed by atoms with Gasteiger partial charge in [-0.1, -0.05) is 18.7 Å². The molecule has 0 atom stereocenters. The Balaban J connectivity index is 1.25. The van der Waals surface area contributed by atoms with Crippen molar-refractivity contribution in [3.05, 3.63) is 47.7 Å². The molecule has 0 saturated carbocycles. The molecule has 0 radical (unpaired) electrons. The summed E-state index contributed by atoms with van der Waals surface area (Å²) in [5.41, 5.74) is 0.890. The third kappa shape index (κ3) is 13.4. The van der Waals surface area contributed by atoms with Crippen LogP contribution in [0.15, 0.2) is 36.6 Å². The summed E-state index contributed by atoms with van der Waals surface area (Å²) in [6.45, 7) is 12.6. The highest BCUT2D eigenvalue weighted by Crippen LogP contribution is 2.21. The lowest BCUT2D eigenvalue weighted by Crippen LogP contribution is -2.33. The summed E-state index contributed by atoms with van der Waals surface area (Å²) in [7, 11) is 0. The fourth-order valence-electron chi connectivity index (χ4n) is 3.29. The van der Waals surface area contributed by atoms with Crippen LogP contribution in [0.25, 0.3) is 0 Å². The molecule has 2 amide bonds. The fourth-order valence-corrected chi connectivity index (χ4v) is 3.29. The highest BCUT2D eigenvalue weighted by Gasteiger charge is 2.34. The first-order chi connectivity index (χ1) is 18.6. The van der Waals surface area contributed by atoms with Crippen LogP contribution in [0.5, 0.6) is 0 Å². The lowest BCUT2D eigenvalue weighted by Gasteiger charge is -2.13. The highest BCUT2D eigenvalue weighted by atomic mass is 16.6. The molecule has 1 aromatic carbocycles. The first-order valence-corrected chi connectivity index (χ1v) is 12.9. The number of hydrogen-bond acceptors (Lipinski definition) is 10. The summed E-state index contributed by atoms with van der Waals surface area (Å²) in [6.07, 6.45) is 0. The van der Waals surface area contributed by atoms with E-state index in [1.165, 1.54) is 4.90 Å². The van der Waals surface area contributed by atoms with Crippen LogP contribution in [-0.4, -0.2) is 122 Å². The number of carbonyl (C=O) groups excluding carboxylic acids is 2. The summed E-state index contributed by atoms with van der Waals surface area (Å²) in [5.74, 6) is 0.132. The van der Waals surface area contributed by atoms with E-state index in [0.29, 0.717) is 109 Å². The van der Waals surface area contributed by atoms with Crippen molar-refractivity contribution in [1.82, 2.24) is 4.90 Å². The molecule has 0 spiro atoms. The van der Waals surface area contributed by atoms with E-state index in [1.54, 1.807) is 31.2 Å². The van der Waals surface area contributed by atoms with Crippen LogP contribution in [0.3, 0.4) is 0 Å². The second kappa shape index (κ2) is 20.6. The van der Waals surface area contributed by atoms with Gasteiger partial charge in [0.15, 0.2) is 0 Å². The minimum Gasteiger partial charge on any atom is -0.496 e. The van der Waals surface area contributed by atoms with Gasteiger partial charge in [-0.2, -0.15) is 0 Å². The fraction of sp³-hybridized carbons (Fsp3) is 0.630. The predicted octanol–water partition coefficient (Wildman–Crippen LogP) is 1.95. The largest absolute Gasteiger partial charge is 0.496 e. The van der Waals surface area contributed by atoms with E-state index in [9.17, 15) is 9.59 Å². The van der Waals surface area contributed by atoms with Crippen LogP contribution in [0.1, 0.15) is 27.6 Å². The summed E-state index contributed by atoms with van der Waals surface area (Å²) < 4.78 is 43.2. The molecule has 2 rings (SSSR count). The summed E-state index contributed by atoms with van der Waals surface area (Å²) in [6, 6.07) is 6.82. The quantitative estimate of drug-likeness (QED) is 0.104. The number of benzene rings is 1. The van der Waals surface area contributed by atoms with Gasteiger partial charge >= 0.3 is 0 Å². The number of amides is 2. The van der Waals surface area contributed by atoms with Crippen LogP contribution >= 0.6 is 0 Å². The maximum Gasteiger partial charge on any atom is 0.261 e. The SMILES string of the molecule is C=C(C)OCCOCCOCCOCCOCCOCCOCCOCCN1C(=O)c2ccccc2C1=O. The number of ether oxygens (including phenoxy) is 8. The second-order valence-corrected chi connectivity index (χ2v) is 8.14. The molecule has 11 heteroatoms. The number of carbonyl (C=O) groups is 2. The Labute approximate surface area is 224 Å². The Hall–Kier alpha value is -2.38.